The van der Waals surface area contributed by atoms with E-state index >= 15 is 0 Å². The number of hydrogen-bond donors (Lipinski definition) is 2. The van der Waals surface area contributed by atoms with E-state index in [1.54, 1.807) is 24.5 Å². The lowest BCUT2D eigenvalue weighted by molar-refractivity contribution is 0.0601. The monoisotopic (exact) mass is 496 g/mol. The molecule has 0 bridgehead atoms. The first-order valence-corrected chi connectivity index (χ1v) is 12.1. The molecule has 0 spiro atoms. The number of carbonyl (C=O) groups excluding carboxylic acids is 1. The Bertz CT molecular complexity index is 1400. The van der Waals surface area contributed by atoms with Crippen LogP contribution < -0.4 is 15.5 Å². The number of nitrogens with one attached hydrogen (secondary N) is 2. The van der Waals surface area contributed by atoms with E-state index < -0.39 is 0 Å². The molecule has 1 saturated heterocycles. The second kappa shape index (κ2) is 11.1. The number of esters is 1. The summed E-state index contributed by atoms with van der Waals surface area (Å²) in [5.41, 5.74) is 3.96. The fraction of sp³-hybridized carbons (Fsp3) is 0.259. The molecular weight excluding hydrogens is 468 g/mol. The summed E-state index contributed by atoms with van der Waals surface area (Å²) in [5, 5.41) is 6.56. The maximum absolute atomic E-state index is 12.6. The van der Waals surface area contributed by atoms with E-state index in [9.17, 15) is 4.79 Å². The fourth-order valence-electron chi connectivity index (χ4n) is 4.24. The molecule has 4 aromatic rings. The number of rotatable bonds is 7. The van der Waals surface area contributed by atoms with Gasteiger partial charge in [-0.15, -0.1) is 0 Å². The number of anilines is 3. The molecule has 0 unspecified atom stereocenters. The fourth-order valence-corrected chi connectivity index (χ4v) is 4.24. The third kappa shape index (κ3) is 5.87. The van der Waals surface area contributed by atoms with E-state index in [1.165, 1.54) is 7.11 Å². The van der Waals surface area contributed by atoms with Crippen molar-refractivity contribution in [3.8, 4) is 11.5 Å². The highest BCUT2D eigenvalue weighted by Gasteiger charge is 2.20. The van der Waals surface area contributed by atoms with Crippen LogP contribution in [0.2, 0.25) is 0 Å². The van der Waals surface area contributed by atoms with E-state index in [0.717, 1.165) is 43.1 Å². The molecule has 0 radical (unpaired) electrons. The number of nitrogens with zero attached hydrogens (tertiary/aromatic N) is 6. The lowest BCUT2D eigenvalue weighted by Crippen LogP contribution is -2.44. The van der Waals surface area contributed by atoms with E-state index in [1.807, 2.05) is 43.3 Å². The SMILES string of the molecule is COC(=O)c1cc(Cc2nccc(Nc3ccnc(-c4cccc(C)n4)n3)n2)ccc1N1CCNCC1. The van der Waals surface area contributed by atoms with Gasteiger partial charge in [0, 0.05) is 50.7 Å². The topological polar surface area (TPSA) is 118 Å². The van der Waals surface area contributed by atoms with Gasteiger partial charge in [0.2, 0.25) is 0 Å². The molecule has 4 heterocycles. The van der Waals surface area contributed by atoms with E-state index in [4.69, 9.17) is 4.74 Å². The van der Waals surface area contributed by atoms with Gasteiger partial charge in [-0.1, -0.05) is 12.1 Å². The van der Waals surface area contributed by atoms with Crippen molar-refractivity contribution in [2.45, 2.75) is 13.3 Å². The highest BCUT2D eigenvalue weighted by atomic mass is 16.5. The van der Waals surface area contributed by atoms with Crippen LogP contribution in [-0.4, -0.2) is 64.2 Å². The van der Waals surface area contributed by atoms with Crippen molar-refractivity contribution in [1.29, 1.82) is 0 Å². The molecule has 1 aromatic carbocycles. The van der Waals surface area contributed by atoms with Crippen molar-refractivity contribution >= 4 is 23.3 Å². The van der Waals surface area contributed by atoms with Crippen LogP contribution >= 0.6 is 0 Å². The standard InChI is InChI=1S/C27H28N8O2/c1-18-4-3-5-21(31-18)26-30-11-9-24(34-26)32-23-8-10-29-25(33-23)17-19-6-7-22(20(16-19)27(36)37-2)35-14-12-28-13-15-35/h3-11,16,28H,12-15,17H2,1-2H3,(H,29,30,32,33,34). The molecule has 10 nitrogen and oxygen atoms in total. The van der Waals surface area contributed by atoms with Crippen LogP contribution in [0.15, 0.2) is 60.9 Å². The maximum atomic E-state index is 12.6. The number of ether oxygens (including phenoxy) is 1. The van der Waals surface area contributed by atoms with Gasteiger partial charge in [-0.3, -0.25) is 0 Å². The van der Waals surface area contributed by atoms with E-state index in [2.05, 4.69) is 40.5 Å². The van der Waals surface area contributed by atoms with E-state index in [0.29, 0.717) is 41.0 Å². The second-order valence-corrected chi connectivity index (χ2v) is 8.67. The number of carbonyl (C=O) groups is 1. The van der Waals surface area contributed by atoms with Crippen LogP contribution in [-0.2, 0) is 11.2 Å². The van der Waals surface area contributed by atoms with Crippen LogP contribution in [0.5, 0.6) is 0 Å². The van der Waals surface area contributed by atoms with Gasteiger partial charge in [-0.25, -0.2) is 29.7 Å². The molecule has 3 aromatic heterocycles. The molecule has 10 heteroatoms. The van der Waals surface area contributed by atoms with Gasteiger partial charge in [0.25, 0.3) is 0 Å². The van der Waals surface area contributed by atoms with Gasteiger partial charge >= 0.3 is 5.97 Å². The van der Waals surface area contributed by atoms with Crippen LogP contribution in [0.3, 0.4) is 0 Å². The van der Waals surface area contributed by atoms with Gasteiger partial charge in [0.05, 0.1) is 18.4 Å². The number of pyridine rings is 1. The van der Waals surface area contributed by atoms with Crippen molar-refractivity contribution in [3.05, 3.63) is 83.6 Å². The van der Waals surface area contributed by atoms with Crippen molar-refractivity contribution in [1.82, 2.24) is 30.2 Å². The number of hydrogen-bond acceptors (Lipinski definition) is 10. The number of aryl methyl sites for hydroxylation is 1. The van der Waals surface area contributed by atoms with E-state index in [-0.39, 0.29) is 5.97 Å². The molecule has 5 rings (SSSR count). The molecule has 1 aliphatic rings. The Morgan fingerprint density at radius 3 is 2.57 bits per heavy atom. The van der Waals surface area contributed by atoms with Gasteiger partial charge in [-0.2, -0.15) is 0 Å². The minimum absolute atomic E-state index is 0.352. The largest absolute Gasteiger partial charge is 0.465 e. The van der Waals surface area contributed by atoms with Crippen LogP contribution in [0, 0.1) is 6.92 Å². The Morgan fingerprint density at radius 1 is 1.00 bits per heavy atom. The average Bonchev–Trinajstić information content (AvgIpc) is 2.93. The highest BCUT2D eigenvalue weighted by molar-refractivity contribution is 5.96. The van der Waals surface area contributed by atoms with Crippen molar-refractivity contribution in [3.63, 3.8) is 0 Å². The Balaban J connectivity index is 1.34. The Morgan fingerprint density at radius 2 is 1.78 bits per heavy atom. The molecule has 0 saturated carbocycles. The molecule has 0 aliphatic carbocycles. The smallest absolute Gasteiger partial charge is 0.339 e. The van der Waals surface area contributed by atoms with Gasteiger partial charge < -0.3 is 20.3 Å². The minimum atomic E-state index is -0.352. The predicted molar refractivity (Wildman–Crippen MR) is 141 cm³/mol. The maximum Gasteiger partial charge on any atom is 0.339 e. The van der Waals surface area contributed by atoms with Crippen LogP contribution in [0.25, 0.3) is 11.5 Å². The van der Waals surface area contributed by atoms with Crippen molar-refractivity contribution < 1.29 is 9.53 Å². The normalized spacial score (nSPS) is 13.3. The van der Waals surface area contributed by atoms with Gasteiger partial charge in [0.15, 0.2) is 5.82 Å². The number of piperazine rings is 1. The zero-order valence-corrected chi connectivity index (χ0v) is 20.8. The predicted octanol–water partition coefficient (Wildman–Crippen LogP) is 3.17. The summed E-state index contributed by atoms with van der Waals surface area (Å²) < 4.78 is 5.07. The molecular formula is C27H28N8O2. The lowest BCUT2D eigenvalue weighted by Gasteiger charge is -2.30. The zero-order chi connectivity index (χ0) is 25.6. The number of aromatic nitrogens is 5. The van der Waals surface area contributed by atoms with Crippen molar-refractivity contribution in [2.75, 3.05) is 43.5 Å². The molecule has 188 valence electrons. The number of methoxy groups -OCH3 is 1. The summed E-state index contributed by atoms with van der Waals surface area (Å²) in [6.45, 7) is 5.37. The summed E-state index contributed by atoms with van der Waals surface area (Å²) in [5.74, 6) is 2.01. The summed E-state index contributed by atoms with van der Waals surface area (Å²) in [4.78, 5) is 37.3. The molecule has 1 fully saturated rings. The Labute approximate surface area is 215 Å². The molecule has 0 amide bonds. The zero-order valence-electron chi connectivity index (χ0n) is 20.8. The highest BCUT2D eigenvalue weighted by Crippen LogP contribution is 2.25. The third-order valence-electron chi connectivity index (χ3n) is 6.02. The van der Waals surface area contributed by atoms with Gasteiger partial charge in [0.1, 0.15) is 23.2 Å². The molecule has 37 heavy (non-hydrogen) atoms. The first kappa shape index (κ1) is 24.3. The first-order chi connectivity index (χ1) is 18.1. The minimum Gasteiger partial charge on any atom is -0.465 e. The summed E-state index contributed by atoms with van der Waals surface area (Å²) >= 11 is 0. The molecule has 1 aliphatic heterocycles. The summed E-state index contributed by atoms with van der Waals surface area (Å²) in [6, 6.07) is 15.2. The Kier molecular flexibility index (Phi) is 7.27. The quantitative estimate of drug-likeness (QED) is 0.369. The second-order valence-electron chi connectivity index (χ2n) is 8.67. The van der Waals surface area contributed by atoms with Gasteiger partial charge in [-0.05, 0) is 48.9 Å². The molecule has 2 N–H and O–H groups in total. The van der Waals surface area contributed by atoms with Crippen LogP contribution in [0.4, 0.5) is 17.3 Å². The molecule has 0 atom stereocenters. The third-order valence-corrected chi connectivity index (χ3v) is 6.02. The Hall–Kier alpha value is -4.44. The summed E-state index contributed by atoms with van der Waals surface area (Å²) in [7, 11) is 1.41. The van der Waals surface area contributed by atoms with Crippen molar-refractivity contribution in [2.24, 2.45) is 0 Å². The summed E-state index contributed by atoms with van der Waals surface area (Å²) in [6.07, 6.45) is 3.85. The lowest BCUT2D eigenvalue weighted by atomic mass is 10.0. The first-order valence-electron chi connectivity index (χ1n) is 12.1. The number of benzene rings is 1. The average molecular weight is 497 g/mol. The van der Waals surface area contributed by atoms with Crippen LogP contribution in [0.1, 0.15) is 27.4 Å².